The summed E-state index contributed by atoms with van der Waals surface area (Å²) < 4.78 is 22.1. The molecule has 0 bridgehead atoms. The lowest BCUT2D eigenvalue weighted by Crippen LogP contribution is -2.50. The predicted octanol–water partition coefficient (Wildman–Crippen LogP) is 0.238. The van der Waals surface area contributed by atoms with Gasteiger partial charge in [-0.15, -0.1) is 0 Å². The first-order valence-corrected chi connectivity index (χ1v) is 16.2. The van der Waals surface area contributed by atoms with Gasteiger partial charge in [-0.3, -0.25) is 4.79 Å². The maximum absolute atomic E-state index is 11.9. The van der Waals surface area contributed by atoms with E-state index in [1.807, 2.05) is 6.92 Å². The van der Waals surface area contributed by atoms with Crippen LogP contribution in [0.4, 0.5) is 0 Å². The van der Waals surface area contributed by atoms with Gasteiger partial charge < -0.3 is 62.5 Å². The van der Waals surface area contributed by atoms with Gasteiger partial charge in [0.25, 0.3) is 0 Å². The molecule has 0 aromatic rings. The molecule has 258 valence electrons. The summed E-state index contributed by atoms with van der Waals surface area (Å²) in [7, 11) is 2.50. The third kappa shape index (κ3) is 19.2. The molecular formula is C30H65N5O8. The molecule has 1 saturated carbocycles. The van der Waals surface area contributed by atoms with Crippen molar-refractivity contribution in [1.29, 1.82) is 0 Å². The van der Waals surface area contributed by atoms with Crippen molar-refractivity contribution in [2.24, 2.45) is 22.9 Å². The van der Waals surface area contributed by atoms with E-state index in [0.29, 0.717) is 44.6 Å². The molecular weight excluding hydrogens is 558 g/mol. The van der Waals surface area contributed by atoms with E-state index in [-0.39, 0.29) is 43.1 Å². The Bertz CT molecular complexity index is 624. The average molecular weight is 624 g/mol. The van der Waals surface area contributed by atoms with E-state index >= 15 is 0 Å². The molecule has 8 atom stereocenters. The summed E-state index contributed by atoms with van der Waals surface area (Å²) in [6.07, 6.45) is 11.5. The van der Waals surface area contributed by atoms with Gasteiger partial charge in [-0.1, -0.05) is 13.3 Å². The van der Waals surface area contributed by atoms with Crippen LogP contribution in [-0.4, -0.2) is 117 Å². The summed E-state index contributed by atoms with van der Waals surface area (Å²) >= 11 is 0. The Kier molecular flexibility index (Phi) is 26.7. The Labute approximate surface area is 259 Å². The van der Waals surface area contributed by atoms with Crippen molar-refractivity contribution in [3.05, 3.63) is 0 Å². The summed E-state index contributed by atoms with van der Waals surface area (Å²) in [5.41, 5.74) is 21.3. The van der Waals surface area contributed by atoms with Gasteiger partial charge in [0.15, 0.2) is 6.29 Å². The van der Waals surface area contributed by atoms with Gasteiger partial charge in [-0.05, 0) is 77.7 Å². The minimum atomic E-state index is -0.957. The van der Waals surface area contributed by atoms with Crippen LogP contribution < -0.4 is 28.3 Å². The second kappa shape index (κ2) is 27.3. The van der Waals surface area contributed by atoms with E-state index in [1.165, 1.54) is 32.7 Å². The van der Waals surface area contributed by atoms with Crippen LogP contribution in [0.15, 0.2) is 0 Å². The maximum atomic E-state index is 11.9. The number of nitrogens with one attached hydrogen (secondary N) is 1. The first kappa shape index (κ1) is 42.0. The van der Waals surface area contributed by atoms with Crippen molar-refractivity contribution >= 4 is 5.91 Å². The summed E-state index contributed by atoms with van der Waals surface area (Å²) in [5, 5.41) is 28.7. The van der Waals surface area contributed by atoms with Crippen LogP contribution in [0.2, 0.25) is 0 Å². The molecule has 4 aliphatic rings. The Morgan fingerprint density at radius 2 is 1.49 bits per heavy atom. The molecule has 3 heterocycles. The van der Waals surface area contributed by atoms with Gasteiger partial charge >= 0.3 is 0 Å². The molecule has 0 aromatic carbocycles. The second-order valence-electron chi connectivity index (χ2n) is 11.1. The van der Waals surface area contributed by atoms with Crippen molar-refractivity contribution in [3.63, 3.8) is 0 Å². The first-order valence-electron chi connectivity index (χ1n) is 16.2. The molecule has 13 heteroatoms. The SMILES string of the molecule is CCCC(O)C(=O)NC1CC(N)CC(OC2CCC(CO)O2)C1.CN.CO.NCC1CCCCO1.NC[C@H]1CCCCO1. The number of rotatable bonds is 9. The van der Waals surface area contributed by atoms with Crippen molar-refractivity contribution in [3.8, 4) is 0 Å². The smallest absolute Gasteiger partial charge is 0.249 e. The van der Waals surface area contributed by atoms with Crippen LogP contribution in [0.3, 0.4) is 0 Å². The van der Waals surface area contributed by atoms with Crippen molar-refractivity contribution < 1.29 is 39.1 Å². The van der Waals surface area contributed by atoms with Gasteiger partial charge in [-0.25, -0.2) is 0 Å². The number of nitrogens with two attached hydrogens (primary N) is 4. The van der Waals surface area contributed by atoms with Gasteiger partial charge in [0.1, 0.15) is 6.10 Å². The number of hydrogen-bond acceptors (Lipinski definition) is 12. The van der Waals surface area contributed by atoms with Crippen LogP contribution in [0.5, 0.6) is 0 Å². The molecule has 43 heavy (non-hydrogen) atoms. The molecule has 0 radical (unpaired) electrons. The zero-order valence-corrected chi connectivity index (χ0v) is 27.0. The number of amides is 1. The molecule has 0 spiro atoms. The standard InChI is InChI=1S/C16H30N2O5.2C6H13NO.CH5N.CH4O/c1-2-3-14(20)16(21)18-11-6-10(17)7-13(8-11)23-15-5-4-12(9-19)22-15;2*7-5-6-3-1-2-4-8-6;2*1-2/h10-15,19-20H,2-9,17H2,1H3,(H,18,21);2*6H,1-5,7H2;2H2,1H3;2H,1H3/t;6-;;;/m.1.../s1. The number of aliphatic hydroxyl groups excluding tert-OH is 3. The molecule has 12 N–H and O–H groups in total. The molecule has 0 aromatic heterocycles. The topological polar surface area (TPSA) is 231 Å². The second-order valence-corrected chi connectivity index (χ2v) is 11.1. The van der Waals surface area contributed by atoms with Gasteiger partial charge in [0, 0.05) is 51.9 Å². The zero-order chi connectivity index (χ0) is 32.5. The minimum absolute atomic E-state index is 0.0119. The summed E-state index contributed by atoms with van der Waals surface area (Å²) in [6, 6.07) is -0.129. The lowest BCUT2D eigenvalue weighted by molar-refractivity contribution is -0.175. The number of aliphatic hydroxyl groups is 3. The molecule has 1 amide bonds. The normalized spacial score (nSPS) is 30.8. The number of carbonyl (C=O) groups is 1. The van der Waals surface area contributed by atoms with E-state index in [9.17, 15) is 9.90 Å². The minimum Gasteiger partial charge on any atom is -0.400 e. The van der Waals surface area contributed by atoms with Crippen molar-refractivity contribution in [2.45, 2.75) is 139 Å². The van der Waals surface area contributed by atoms with E-state index in [2.05, 4.69) is 11.1 Å². The highest BCUT2D eigenvalue weighted by molar-refractivity contribution is 5.80. The fraction of sp³-hybridized carbons (Fsp3) is 0.967. The highest BCUT2D eigenvalue weighted by Gasteiger charge is 2.33. The van der Waals surface area contributed by atoms with Gasteiger partial charge in [0.2, 0.25) is 5.91 Å². The number of carbonyl (C=O) groups excluding carboxylic acids is 1. The Hall–Kier alpha value is -0.970. The molecule has 3 saturated heterocycles. The fourth-order valence-electron chi connectivity index (χ4n) is 5.35. The molecule has 1 aliphatic carbocycles. The molecule has 3 aliphatic heterocycles. The van der Waals surface area contributed by atoms with Gasteiger partial charge in [0.05, 0.1) is 31.0 Å². The maximum Gasteiger partial charge on any atom is 0.249 e. The molecule has 7 unspecified atom stereocenters. The lowest BCUT2D eigenvalue weighted by Gasteiger charge is -2.35. The zero-order valence-electron chi connectivity index (χ0n) is 27.0. The van der Waals surface area contributed by atoms with Crippen molar-refractivity contribution in [1.82, 2.24) is 5.32 Å². The monoisotopic (exact) mass is 623 g/mol. The van der Waals surface area contributed by atoms with Crippen molar-refractivity contribution in [2.75, 3.05) is 47.1 Å². The molecule has 4 rings (SSSR count). The van der Waals surface area contributed by atoms with Crippen LogP contribution in [0, 0.1) is 0 Å². The predicted molar refractivity (Wildman–Crippen MR) is 168 cm³/mol. The molecule has 4 fully saturated rings. The van der Waals surface area contributed by atoms with Crippen LogP contribution in [0.1, 0.15) is 90.4 Å². The molecule has 13 nitrogen and oxygen atoms in total. The highest BCUT2D eigenvalue weighted by atomic mass is 16.7. The Balaban J connectivity index is 0.000000716. The number of hydrogen-bond donors (Lipinski definition) is 8. The largest absolute Gasteiger partial charge is 0.400 e. The summed E-state index contributed by atoms with van der Waals surface area (Å²) in [4.78, 5) is 11.9. The third-order valence-electron chi connectivity index (χ3n) is 7.60. The Morgan fingerprint density at radius 3 is 1.91 bits per heavy atom. The lowest BCUT2D eigenvalue weighted by atomic mass is 9.89. The van der Waals surface area contributed by atoms with E-state index < -0.39 is 6.10 Å². The Morgan fingerprint density at radius 1 is 0.907 bits per heavy atom. The summed E-state index contributed by atoms with van der Waals surface area (Å²) in [5.74, 6) is -0.331. The van der Waals surface area contributed by atoms with Gasteiger partial charge in [-0.2, -0.15) is 0 Å². The average Bonchev–Trinajstić information content (AvgIpc) is 3.51. The fourth-order valence-corrected chi connectivity index (χ4v) is 5.35. The first-order chi connectivity index (χ1) is 20.9. The quantitative estimate of drug-likeness (QED) is 0.173. The third-order valence-corrected chi connectivity index (χ3v) is 7.60. The van der Waals surface area contributed by atoms with Crippen LogP contribution in [0.25, 0.3) is 0 Å². The summed E-state index contributed by atoms with van der Waals surface area (Å²) in [6.45, 7) is 5.17. The van der Waals surface area contributed by atoms with Crippen LogP contribution in [-0.2, 0) is 23.7 Å². The van der Waals surface area contributed by atoms with E-state index in [1.54, 1.807) is 0 Å². The highest BCUT2D eigenvalue weighted by Crippen LogP contribution is 2.27. The van der Waals surface area contributed by atoms with Crippen LogP contribution >= 0.6 is 0 Å². The van der Waals surface area contributed by atoms with E-state index in [0.717, 1.165) is 58.8 Å². The van der Waals surface area contributed by atoms with E-state index in [4.69, 9.17) is 46.4 Å². The number of ether oxygens (including phenoxy) is 4.